The molecule has 176 valence electrons. The van der Waals surface area contributed by atoms with Gasteiger partial charge in [0, 0.05) is 12.6 Å². The van der Waals surface area contributed by atoms with E-state index >= 15 is 0 Å². The molecule has 0 aromatic heterocycles. The van der Waals surface area contributed by atoms with Crippen molar-refractivity contribution >= 4 is 27.7 Å². The number of carbonyl (C=O) groups is 2. The molecule has 0 aliphatic rings. The Morgan fingerprint density at radius 1 is 0.686 bits per heavy atom. The SMILES string of the molecule is CC(=O)Nc1ccc(-c2ccc(S(=O)(=O)Oc3ccc(-c4ccc(C(=O)O)cc4)cc3)cc2)cc1. The normalized spacial score (nSPS) is 11.0. The zero-order valence-electron chi connectivity index (χ0n) is 18.6. The molecule has 0 unspecified atom stereocenters. The average Bonchev–Trinajstić information content (AvgIpc) is 2.84. The molecule has 8 heteroatoms. The van der Waals surface area contributed by atoms with E-state index in [1.807, 2.05) is 12.1 Å². The Labute approximate surface area is 202 Å². The number of carboxylic acids is 1. The summed E-state index contributed by atoms with van der Waals surface area (Å²) in [7, 11) is -4.04. The largest absolute Gasteiger partial charge is 0.478 e. The number of hydrogen-bond acceptors (Lipinski definition) is 5. The van der Waals surface area contributed by atoms with Crippen LogP contribution in [0, 0.1) is 0 Å². The van der Waals surface area contributed by atoms with Crippen molar-refractivity contribution in [3.05, 3.63) is 103 Å². The highest BCUT2D eigenvalue weighted by Gasteiger charge is 2.17. The van der Waals surface area contributed by atoms with E-state index in [1.165, 1.54) is 31.2 Å². The van der Waals surface area contributed by atoms with Gasteiger partial charge in [-0.05, 0) is 70.8 Å². The number of aromatic carboxylic acids is 1. The van der Waals surface area contributed by atoms with Gasteiger partial charge in [0.15, 0.2) is 0 Å². The number of anilines is 1. The first-order chi connectivity index (χ1) is 16.7. The van der Waals surface area contributed by atoms with Crippen molar-refractivity contribution in [1.82, 2.24) is 0 Å². The molecule has 4 aromatic rings. The summed E-state index contributed by atoms with van der Waals surface area (Å²) in [5.74, 6) is -0.997. The predicted octanol–water partition coefficient (Wildman–Crippen LogP) is 5.44. The Balaban J connectivity index is 1.46. The first-order valence-corrected chi connectivity index (χ1v) is 12.0. The first kappa shape index (κ1) is 23.7. The molecule has 4 aromatic carbocycles. The lowest BCUT2D eigenvalue weighted by Gasteiger charge is -2.09. The highest BCUT2D eigenvalue weighted by atomic mass is 32.2. The van der Waals surface area contributed by atoms with E-state index in [0.29, 0.717) is 5.69 Å². The maximum atomic E-state index is 12.7. The van der Waals surface area contributed by atoms with Gasteiger partial charge in [-0.15, -0.1) is 0 Å². The van der Waals surface area contributed by atoms with Crippen molar-refractivity contribution in [3.63, 3.8) is 0 Å². The molecule has 7 nitrogen and oxygen atoms in total. The van der Waals surface area contributed by atoms with Gasteiger partial charge in [-0.25, -0.2) is 4.79 Å². The van der Waals surface area contributed by atoms with Crippen LogP contribution >= 0.6 is 0 Å². The van der Waals surface area contributed by atoms with Crippen LogP contribution in [0.2, 0.25) is 0 Å². The summed E-state index contributed by atoms with van der Waals surface area (Å²) in [6, 6.07) is 26.4. The zero-order valence-corrected chi connectivity index (χ0v) is 19.5. The lowest BCUT2D eigenvalue weighted by atomic mass is 10.0. The smallest absolute Gasteiger partial charge is 0.339 e. The number of amides is 1. The minimum absolute atomic E-state index is 0.0180. The summed E-state index contributed by atoms with van der Waals surface area (Å²) in [6.45, 7) is 1.44. The molecule has 0 atom stereocenters. The van der Waals surface area contributed by atoms with E-state index in [9.17, 15) is 18.0 Å². The van der Waals surface area contributed by atoms with Crippen LogP contribution in [0.3, 0.4) is 0 Å². The topological polar surface area (TPSA) is 110 Å². The van der Waals surface area contributed by atoms with E-state index in [4.69, 9.17) is 9.29 Å². The van der Waals surface area contributed by atoms with Crippen LogP contribution in [0.5, 0.6) is 5.75 Å². The summed E-state index contributed by atoms with van der Waals surface area (Å²) < 4.78 is 30.8. The lowest BCUT2D eigenvalue weighted by Crippen LogP contribution is -2.09. The quantitative estimate of drug-likeness (QED) is 0.336. The van der Waals surface area contributed by atoms with Crippen LogP contribution in [-0.2, 0) is 14.9 Å². The van der Waals surface area contributed by atoms with Gasteiger partial charge in [0.05, 0.1) is 5.56 Å². The van der Waals surface area contributed by atoms with Gasteiger partial charge >= 0.3 is 16.1 Å². The minimum atomic E-state index is -4.04. The molecule has 0 saturated carbocycles. The summed E-state index contributed by atoms with van der Waals surface area (Å²) in [4.78, 5) is 22.2. The standard InChI is InChI=1S/C27H21NO6S/c1-18(29)28-24-12-6-20(7-13-24)22-10-16-26(17-11-22)35(32,33)34-25-14-8-21(9-15-25)19-2-4-23(5-3-19)27(30)31/h2-17H,1H3,(H,28,29)(H,30,31). The van der Waals surface area contributed by atoms with Crippen LogP contribution in [-0.4, -0.2) is 25.4 Å². The summed E-state index contributed by atoms with van der Waals surface area (Å²) >= 11 is 0. The first-order valence-electron chi connectivity index (χ1n) is 10.6. The fourth-order valence-electron chi connectivity index (χ4n) is 3.45. The Morgan fingerprint density at radius 2 is 1.11 bits per heavy atom. The van der Waals surface area contributed by atoms with Gasteiger partial charge in [-0.3, -0.25) is 4.79 Å². The summed E-state index contributed by atoms with van der Waals surface area (Å²) in [6.07, 6.45) is 0. The highest BCUT2D eigenvalue weighted by molar-refractivity contribution is 7.87. The molecule has 0 bridgehead atoms. The predicted molar refractivity (Wildman–Crippen MR) is 133 cm³/mol. The third-order valence-electron chi connectivity index (χ3n) is 5.21. The van der Waals surface area contributed by atoms with Crippen LogP contribution in [0.25, 0.3) is 22.3 Å². The summed E-state index contributed by atoms with van der Waals surface area (Å²) in [5.41, 5.74) is 4.14. The maximum Gasteiger partial charge on any atom is 0.339 e. The molecule has 0 aliphatic carbocycles. The molecule has 0 fully saturated rings. The minimum Gasteiger partial charge on any atom is -0.478 e. The van der Waals surface area contributed by atoms with Gasteiger partial charge in [-0.1, -0.05) is 48.5 Å². The third kappa shape index (κ3) is 5.74. The van der Waals surface area contributed by atoms with Gasteiger partial charge in [0.1, 0.15) is 10.6 Å². The van der Waals surface area contributed by atoms with Gasteiger partial charge in [0.25, 0.3) is 0 Å². The Hall–Kier alpha value is -4.43. The molecule has 4 rings (SSSR count). The van der Waals surface area contributed by atoms with Crippen LogP contribution in [0.1, 0.15) is 17.3 Å². The highest BCUT2D eigenvalue weighted by Crippen LogP contribution is 2.27. The number of benzene rings is 4. The number of carbonyl (C=O) groups excluding carboxylic acids is 1. The molecule has 0 radical (unpaired) electrons. The monoisotopic (exact) mass is 487 g/mol. The van der Waals surface area contributed by atoms with Crippen molar-refractivity contribution < 1.29 is 27.3 Å². The second-order valence-electron chi connectivity index (χ2n) is 7.73. The maximum absolute atomic E-state index is 12.7. The lowest BCUT2D eigenvalue weighted by molar-refractivity contribution is -0.114. The van der Waals surface area contributed by atoms with E-state index in [-0.39, 0.29) is 22.1 Å². The molecule has 0 spiro atoms. The fourth-order valence-corrected chi connectivity index (χ4v) is 4.38. The average molecular weight is 488 g/mol. The van der Waals surface area contributed by atoms with Crippen molar-refractivity contribution in [3.8, 4) is 28.0 Å². The number of hydrogen-bond donors (Lipinski definition) is 2. The van der Waals surface area contributed by atoms with Gasteiger partial charge < -0.3 is 14.6 Å². The molecule has 1 amide bonds. The molecule has 0 saturated heterocycles. The number of carboxylic acid groups (broad SMARTS) is 1. The van der Waals surface area contributed by atoms with E-state index in [1.54, 1.807) is 60.7 Å². The molecule has 2 N–H and O–H groups in total. The molecule has 0 aliphatic heterocycles. The second-order valence-corrected chi connectivity index (χ2v) is 9.27. The molecular formula is C27H21NO6S. The Kier molecular flexibility index (Phi) is 6.66. The van der Waals surface area contributed by atoms with Gasteiger partial charge in [-0.2, -0.15) is 8.42 Å². The van der Waals surface area contributed by atoms with E-state index in [0.717, 1.165) is 22.3 Å². The zero-order chi connectivity index (χ0) is 25.0. The third-order valence-corrected chi connectivity index (χ3v) is 6.47. The number of nitrogens with one attached hydrogen (secondary N) is 1. The Morgan fingerprint density at radius 3 is 1.57 bits per heavy atom. The van der Waals surface area contributed by atoms with Crippen LogP contribution in [0.15, 0.2) is 102 Å². The van der Waals surface area contributed by atoms with Crippen molar-refractivity contribution in [2.24, 2.45) is 0 Å². The van der Waals surface area contributed by atoms with Crippen LogP contribution < -0.4 is 9.50 Å². The molecule has 35 heavy (non-hydrogen) atoms. The van der Waals surface area contributed by atoms with Gasteiger partial charge in [0.2, 0.25) is 5.91 Å². The molecule has 0 heterocycles. The van der Waals surface area contributed by atoms with Crippen molar-refractivity contribution in [2.75, 3.05) is 5.32 Å². The van der Waals surface area contributed by atoms with E-state index in [2.05, 4.69) is 5.32 Å². The number of rotatable bonds is 7. The van der Waals surface area contributed by atoms with Crippen LogP contribution in [0.4, 0.5) is 5.69 Å². The van der Waals surface area contributed by atoms with E-state index < -0.39 is 16.1 Å². The second kappa shape index (κ2) is 9.82. The van der Waals surface area contributed by atoms with Crippen molar-refractivity contribution in [2.45, 2.75) is 11.8 Å². The molecular weight excluding hydrogens is 466 g/mol. The Bertz CT molecular complexity index is 1460. The summed E-state index contributed by atoms with van der Waals surface area (Å²) in [5, 5.41) is 11.7. The van der Waals surface area contributed by atoms with Crippen molar-refractivity contribution in [1.29, 1.82) is 0 Å². The fraction of sp³-hybridized carbons (Fsp3) is 0.0370.